The van der Waals surface area contributed by atoms with Gasteiger partial charge in [0, 0.05) is 10.5 Å². The van der Waals surface area contributed by atoms with Crippen LogP contribution in [0.1, 0.15) is 5.56 Å². The Morgan fingerprint density at radius 1 is 1.17 bits per heavy atom. The number of methoxy groups -OCH3 is 1. The van der Waals surface area contributed by atoms with Crippen molar-refractivity contribution in [1.29, 1.82) is 0 Å². The van der Waals surface area contributed by atoms with Crippen LogP contribution in [0.2, 0.25) is 0 Å². The lowest BCUT2D eigenvalue weighted by Crippen LogP contribution is -2.27. The zero-order valence-electron chi connectivity index (χ0n) is 12.7. The van der Waals surface area contributed by atoms with Gasteiger partial charge in [-0.1, -0.05) is 30.3 Å². The van der Waals surface area contributed by atoms with Crippen LogP contribution in [0.3, 0.4) is 0 Å². The summed E-state index contributed by atoms with van der Waals surface area (Å²) in [6.07, 6.45) is 1.68. The van der Waals surface area contributed by atoms with Gasteiger partial charge in [-0.15, -0.1) is 0 Å². The summed E-state index contributed by atoms with van der Waals surface area (Å²) in [6.45, 7) is 0. The summed E-state index contributed by atoms with van der Waals surface area (Å²) in [5.74, 6) is 0.367. The molecule has 0 N–H and O–H groups in total. The third kappa shape index (κ3) is 2.32. The van der Waals surface area contributed by atoms with Gasteiger partial charge in [-0.05, 0) is 29.7 Å². The van der Waals surface area contributed by atoms with Crippen LogP contribution in [-0.2, 0) is 0 Å². The molecule has 24 heavy (non-hydrogen) atoms. The molecule has 4 aromatic rings. The number of hydrogen-bond donors (Lipinski definition) is 0. The first-order chi connectivity index (χ1) is 11.8. The van der Waals surface area contributed by atoms with Crippen molar-refractivity contribution in [3.63, 3.8) is 0 Å². The summed E-state index contributed by atoms with van der Waals surface area (Å²) < 4.78 is 11.6. The minimum Gasteiger partial charge on any atom is -0.858 e. The van der Waals surface area contributed by atoms with Gasteiger partial charge in [0.05, 0.1) is 12.5 Å². The lowest BCUT2D eigenvalue weighted by atomic mass is 10.2. The van der Waals surface area contributed by atoms with Crippen LogP contribution in [0.5, 0.6) is 5.75 Å². The quantitative estimate of drug-likeness (QED) is 0.323. The lowest BCUT2D eigenvalue weighted by molar-refractivity contribution is -0.655. The molecule has 0 radical (unpaired) electrons. The van der Waals surface area contributed by atoms with Crippen LogP contribution in [0.15, 0.2) is 64.2 Å². The number of nitrogens with zero attached hydrogens (tertiary/aromatic N) is 4. The molecular weight excluding hydrogens is 308 g/mol. The predicted molar refractivity (Wildman–Crippen MR) is 84.2 cm³/mol. The first-order valence-corrected chi connectivity index (χ1v) is 7.22. The second-order valence-corrected chi connectivity index (χ2v) is 5.09. The molecule has 0 unspecified atom stereocenters. The highest BCUT2D eigenvalue weighted by Crippen LogP contribution is 2.24. The molecule has 0 atom stereocenters. The molecule has 2 heterocycles. The molecule has 0 aliphatic rings. The van der Waals surface area contributed by atoms with Gasteiger partial charge in [0.15, 0.2) is 0 Å². The maximum atomic E-state index is 12.4. The average Bonchev–Trinajstić information content (AvgIpc) is 3.05. The second kappa shape index (κ2) is 5.62. The normalized spacial score (nSPS) is 12.0. The Morgan fingerprint density at radius 3 is 2.75 bits per heavy atom. The van der Waals surface area contributed by atoms with Crippen LogP contribution < -0.4 is 14.5 Å². The summed E-state index contributed by atoms with van der Waals surface area (Å²) in [7, 11) is 1.57. The van der Waals surface area contributed by atoms with Gasteiger partial charge in [-0.2, -0.15) is 0 Å². The Kier molecular flexibility index (Phi) is 3.31. The SMILES string of the molecule is COc1ccc(/C([O-])=N/c2on[n+]3ncc4ccccc4c23)cc1. The highest BCUT2D eigenvalue weighted by atomic mass is 16.5. The van der Waals surface area contributed by atoms with Gasteiger partial charge in [-0.25, -0.2) is 4.99 Å². The monoisotopic (exact) mass is 320 g/mol. The number of rotatable bonds is 3. The maximum absolute atomic E-state index is 12.4. The van der Waals surface area contributed by atoms with E-state index in [1.54, 1.807) is 37.6 Å². The van der Waals surface area contributed by atoms with Crippen LogP contribution in [-0.4, -0.2) is 23.4 Å². The third-order valence-electron chi connectivity index (χ3n) is 3.67. The Morgan fingerprint density at radius 2 is 1.96 bits per heavy atom. The molecule has 0 spiro atoms. The van der Waals surface area contributed by atoms with Gasteiger partial charge < -0.3 is 9.84 Å². The second-order valence-electron chi connectivity index (χ2n) is 5.09. The molecule has 4 rings (SSSR count). The standard InChI is InChI=1S/C17H12N4O3/c1-23-13-8-6-11(7-9-13)16(22)19-17-15-14-5-3-2-4-12(14)10-18-21(15)20-24-17/h2-10H,1H3. The first-order valence-electron chi connectivity index (χ1n) is 7.22. The van der Waals surface area contributed by atoms with Gasteiger partial charge in [0.2, 0.25) is 5.27 Å². The fraction of sp³-hybridized carbons (Fsp3) is 0.0588. The molecule has 7 nitrogen and oxygen atoms in total. The summed E-state index contributed by atoms with van der Waals surface area (Å²) in [5, 5.41) is 22.1. The lowest BCUT2D eigenvalue weighted by Gasteiger charge is -2.09. The summed E-state index contributed by atoms with van der Waals surface area (Å²) >= 11 is 0. The minimum atomic E-state index is -0.427. The van der Waals surface area contributed by atoms with E-state index in [0.717, 1.165) is 10.8 Å². The molecule has 2 aromatic carbocycles. The molecule has 0 fully saturated rings. The number of aliphatic imine (C=N–C) groups is 1. The van der Waals surface area contributed by atoms with Crippen molar-refractivity contribution in [2.24, 2.45) is 4.99 Å². The van der Waals surface area contributed by atoms with E-state index in [0.29, 0.717) is 16.8 Å². The van der Waals surface area contributed by atoms with Gasteiger partial charge in [0.1, 0.15) is 16.6 Å². The van der Waals surface area contributed by atoms with Crippen molar-refractivity contribution in [2.45, 2.75) is 0 Å². The number of aromatic nitrogens is 3. The van der Waals surface area contributed by atoms with Gasteiger partial charge >= 0.3 is 11.4 Å². The van der Waals surface area contributed by atoms with Gasteiger partial charge in [0.25, 0.3) is 0 Å². The fourth-order valence-electron chi connectivity index (χ4n) is 2.45. The largest absolute Gasteiger partial charge is 0.858 e. The number of fused-ring (bicyclic) bond motifs is 3. The highest BCUT2D eigenvalue weighted by Gasteiger charge is 2.21. The summed E-state index contributed by atoms with van der Waals surface area (Å²) in [6, 6.07) is 14.3. The fourth-order valence-corrected chi connectivity index (χ4v) is 2.45. The Hall–Kier alpha value is -3.48. The van der Waals surface area contributed by atoms with Crippen molar-refractivity contribution < 1.29 is 19.0 Å². The van der Waals surface area contributed by atoms with Crippen molar-refractivity contribution in [3.8, 4) is 5.75 Å². The first kappa shape index (κ1) is 14.1. The van der Waals surface area contributed by atoms with Crippen LogP contribution in [0.25, 0.3) is 16.3 Å². The summed E-state index contributed by atoms with van der Waals surface area (Å²) in [4.78, 5) is 4.05. The molecule has 0 saturated carbocycles. The van der Waals surface area contributed by atoms with Crippen LogP contribution >= 0.6 is 0 Å². The van der Waals surface area contributed by atoms with Gasteiger partial charge in [-0.3, -0.25) is 4.52 Å². The smallest absolute Gasteiger partial charge is 0.344 e. The molecule has 0 aliphatic carbocycles. The minimum absolute atomic E-state index is 0.125. The van der Waals surface area contributed by atoms with Crippen molar-refractivity contribution in [1.82, 2.24) is 10.4 Å². The van der Waals surface area contributed by atoms with Crippen LogP contribution in [0.4, 0.5) is 5.88 Å². The topological polar surface area (TPSA) is 87.7 Å². The maximum Gasteiger partial charge on any atom is 0.344 e. The van der Waals surface area contributed by atoms with E-state index in [4.69, 9.17) is 9.26 Å². The van der Waals surface area contributed by atoms with E-state index in [9.17, 15) is 5.11 Å². The zero-order chi connectivity index (χ0) is 16.5. The third-order valence-corrected chi connectivity index (χ3v) is 3.67. The molecule has 118 valence electrons. The number of ether oxygens (including phenoxy) is 1. The van der Waals surface area contributed by atoms with Crippen molar-refractivity contribution in [3.05, 3.63) is 60.3 Å². The Balaban J connectivity index is 1.85. The van der Waals surface area contributed by atoms with E-state index >= 15 is 0 Å². The van der Waals surface area contributed by atoms with E-state index in [-0.39, 0.29) is 5.88 Å². The molecule has 7 heteroatoms. The number of hydrogen-bond acceptors (Lipinski definition) is 6. The van der Waals surface area contributed by atoms with E-state index in [2.05, 4.69) is 15.4 Å². The summed E-state index contributed by atoms with van der Waals surface area (Å²) in [5.41, 5.74) is 0.980. The van der Waals surface area contributed by atoms with Crippen molar-refractivity contribution in [2.75, 3.05) is 7.11 Å². The molecular formula is C17H12N4O3. The van der Waals surface area contributed by atoms with E-state index in [1.165, 1.54) is 4.63 Å². The van der Waals surface area contributed by atoms with E-state index in [1.807, 2.05) is 24.3 Å². The Bertz CT molecular complexity index is 1050. The predicted octanol–water partition coefficient (Wildman–Crippen LogP) is 1.41. The molecule has 2 aromatic heterocycles. The highest BCUT2D eigenvalue weighted by molar-refractivity contribution is 5.99. The molecule has 0 saturated heterocycles. The average molecular weight is 320 g/mol. The molecule has 0 bridgehead atoms. The molecule has 0 aliphatic heterocycles. The number of benzene rings is 2. The zero-order valence-corrected chi connectivity index (χ0v) is 12.7. The van der Waals surface area contributed by atoms with E-state index < -0.39 is 5.90 Å². The molecule has 0 amide bonds. The van der Waals surface area contributed by atoms with Crippen molar-refractivity contribution >= 4 is 28.1 Å². The Labute approximate surface area is 136 Å². The van der Waals surface area contributed by atoms with Crippen LogP contribution in [0, 0.1) is 0 Å².